The molecule has 2 rings (SSSR count). The fraction of sp³-hybridized carbons (Fsp3) is 0.111. The molecule has 14 heavy (non-hydrogen) atoms. The summed E-state index contributed by atoms with van der Waals surface area (Å²) in [6.45, 7) is 0.483. The molecule has 0 unspecified atom stereocenters. The number of hydrogen-bond donors (Lipinski definition) is 2. The molecule has 0 spiro atoms. The fourth-order valence-electron chi connectivity index (χ4n) is 1.05. The van der Waals surface area contributed by atoms with Crippen LogP contribution in [0, 0.1) is 4.77 Å². The Hall–Kier alpha value is -1.62. The van der Waals surface area contributed by atoms with E-state index >= 15 is 0 Å². The first-order valence-electron chi connectivity index (χ1n) is 4.16. The van der Waals surface area contributed by atoms with Crippen LogP contribution in [0.5, 0.6) is 6.01 Å². The van der Waals surface area contributed by atoms with Gasteiger partial charge in [-0.3, -0.25) is 4.98 Å². The van der Waals surface area contributed by atoms with Crippen LogP contribution in [0.25, 0.3) is 0 Å². The number of rotatable bonds is 3. The molecule has 0 bridgehead atoms. The first kappa shape index (κ1) is 8.96. The van der Waals surface area contributed by atoms with E-state index in [4.69, 9.17) is 17.0 Å². The van der Waals surface area contributed by atoms with Crippen molar-refractivity contribution in [3.8, 4) is 6.01 Å². The summed E-state index contributed by atoms with van der Waals surface area (Å²) in [5.74, 6) is 0. The van der Waals surface area contributed by atoms with Crippen LogP contribution in [0.15, 0.2) is 30.3 Å². The third-order valence-corrected chi connectivity index (χ3v) is 1.89. The van der Waals surface area contributed by atoms with Crippen LogP contribution < -0.4 is 4.74 Å². The lowest BCUT2D eigenvalue weighted by Gasteiger charge is -2.00. The van der Waals surface area contributed by atoms with Gasteiger partial charge in [0.15, 0.2) is 4.77 Å². The second kappa shape index (κ2) is 4.06. The molecule has 0 aliphatic rings. The molecule has 0 aliphatic carbocycles. The van der Waals surface area contributed by atoms with Gasteiger partial charge < -0.3 is 4.74 Å². The molecule has 0 aliphatic heterocycles. The number of hydrogen-bond acceptors (Lipinski definition) is 3. The number of ether oxygens (including phenoxy) is 1. The minimum atomic E-state index is 0.416. The molecule has 0 saturated carbocycles. The lowest BCUT2D eigenvalue weighted by atomic mass is 10.2. The Labute approximate surface area is 85.9 Å². The Morgan fingerprint density at radius 3 is 2.71 bits per heavy atom. The molecule has 2 N–H and O–H groups in total. The van der Waals surface area contributed by atoms with Crippen molar-refractivity contribution in [3.05, 3.63) is 40.7 Å². The Morgan fingerprint density at radius 2 is 2.07 bits per heavy atom. The van der Waals surface area contributed by atoms with E-state index in [1.54, 1.807) is 0 Å². The van der Waals surface area contributed by atoms with Crippen LogP contribution >= 0.6 is 12.2 Å². The number of nitrogens with zero attached hydrogens (tertiary/aromatic N) is 1. The van der Waals surface area contributed by atoms with Crippen molar-refractivity contribution < 1.29 is 4.74 Å². The molecule has 1 heterocycles. The van der Waals surface area contributed by atoms with Crippen LogP contribution in [-0.4, -0.2) is 15.2 Å². The van der Waals surface area contributed by atoms with Crippen molar-refractivity contribution in [1.29, 1.82) is 0 Å². The second-order valence-electron chi connectivity index (χ2n) is 2.76. The highest BCUT2D eigenvalue weighted by molar-refractivity contribution is 7.71. The van der Waals surface area contributed by atoms with E-state index in [2.05, 4.69) is 15.2 Å². The minimum Gasteiger partial charge on any atom is -0.459 e. The second-order valence-corrected chi connectivity index (χ2v) is 3.17. The number of H-pyrrole nitrogens is 2. The van der Waals surface area contributed by atoms with Gasteiger partial charge >= 0.3 is 6.01 Å². The van der Waals surface area contributed by atoms with Crippen molar-refractivity contribution >= 4 is 12.2 Å². The molecule has 5 heteroatoms. The zero-order chi connectivity index (χ0) is 9.80. The Morgan fingerprint density at radius 1 is 1.29 bits per heavy atom. The maximum absolute atomic E-state index is 5.35. The van der Waals surface area contributed by atoms with Crippen LogP contribution in [0.4, 0.5) is 0 Å². The van der Waals surface area contributed by atoms with E-state index in [9.17, 15) is 0 Å². The highest BCUT2D eigenvalue weighted by atomic mass is 32.1. The summed E-state index contributed by atoms with van der Waals surface area (Å²) >= 11 is 4.81. The van der Waals surface area contributed by atoms with Gasteiger partial charge in [-0.1, -0.05) is 30.3 Å². The lowest BCUT2D eigenvalue weighted by Crippen LogP contribution is -1.96. The third kappa shape index (κ3) is 2.20. The van der Waals surface area contributed by atoms with Gasteiger partial charge in [-0.05, 0) is 17.8 Å². The Bertz CT molecular complexity index is 448. The van der Waals surface area contributed by atoms with E-state index in [-0.39, 0.29) is 0 Å². The zero-order valence-corrected chi connectivity index (χ0v) is 8.17. The SMILES string of the molecule is S=c1[nH]nc(OCc2ccccc2)[nH]1. The van der Waals surface area contributed by atoms with Gasteiger partial charge in [-0.25, -0.2) is 5.10 Å². The molecular weight excluding hydrogens is 198 g/mol. The van der Waals surface area contributed by atoms with Crippen molar-refractivity contribution in [1.82, 2.24) is 15.2 Å². The summed E-state index contributed by atoms with van der Waals surface area (Å²) in [5, 5.41) is 6.41. The maximum atomic E-state index is 5.35. The normalized spacial score (nSPS) is 10.0. The van der Waals surface area contributed by atoms with Crippen molar-refractivity contribution in [3.63, 3.8) is 0 Å². The van der Waals surface area contributed by atoms with Gasteiger partial charge in [0.2, 0.25) is 0 Å². The number of aromatic amines is 2. The topological polar surface area (TPSA) is 53.7 Å². The van der Waals surface area contributed by atoms with Crippen LogP contribution in [0.2, 0.25) is 0 Å². The zero-order valence-electron chi connectivity index (χ0n) is 7.36. The molecule has 1 aromatic carbocycles. The average Bonchev–Trinajstić information content (AvgIpc) is 2.63. The van der Waals surface area contributed by atoms with Gasteiger partial charge in [-0.2, -0.15) is 0 Å². The fourth-order valence-corrected chi connectivity index (χ4v) is 1.18. The van der Waals surface area contributed by atoms with Crippen LogP contribution in [0.1, 0.15) is 5.56 Å². The molecule has 0 radical (unpaired) electrons. The highest BCUT2D eigenvalue weighted by Gasteiger charge is 1.97. The first-order valence-corrected chi connectivity index (χ1v) is 4.57. The molecule has 2 aromatic rings. The van der Waals surface area contributed by atoms with E-state index in [0.29, 0.717) is 17.4 Å². The molecule has 0 amide bonds. The summed E-state index contributed by atoms with van der Waals surface area (Å²) in [6.07, 6.45) is 0. The summed E-state index contributed by atoms with van der Waals surface area (Å²) < 4.78 is 5.81. The van der Waals surface area contributed by atoms with E-state index < -0.39 is 0 Å². The van der Waals surface area contributed by atoms with Gasteiger partial charge in [0.05, 0.1) is 0 Å². The van der Waals surface area contributed by atoms with Gasteiger partial charge in [-0.15, -0.1) is 5.10 Å². The van der Waals surface area contributed by atoms with Crippen molar-refractivity contribution in [2.45, 2.75) is 6.61 Å². The largest absolute Gasteiger partial charge is 0.459 e. The lowest BCUT2D eigenvalue weighted by molar-refractivity contribution is 0.282. The first-order chi connectivity index (χ1) is 6.84. The summed E-state index contributed by atoms with van der Waals surface area (Å²) in [6, 6.07) is 10.3. The number of aromatic nitrogens is 3. The summed E-state index contributed by atoms with van der Waals surface area (Å²) in [7, 11) is 0. The number of benzene rings is 1. The molecule has 4 nitrogen and oxygen atoms in total. The van der Waals surface area contributed by atoms with Crippen LogP contribution in [-0.2, 0) is 6.61 Å². The Kier molecular flexibility index (Phi) is 2.60. The summed E-state index contributed by atoms with van der Waals surface area (Å²) in [4.78, 5) is 2.77. The Balaban J connectivity index is 1.98. The monoisotopic (exact) mass is 207 g/mol. The van der Waals surface area contributed by atoms with Gasteiger partial charge in [0.25, 0.3) is 0 Å². The maximum Gasteiger partial charge on any atom is 0.313 e. The molecular formula is C9H9N3OS. The van der Waals surface area contributed by atoms with E-state index in [1.807, 2.05) is 30.3 Å². The summed E-state index contributed by atoms with van der Waals surface area (Å²) in [5.41, 5.74) is 1.09. The predicted octanol–water partition coefficient (Wildman–Crippen LogP) is 2.05. The number of nitrogens with one attached hydrogen (secondary N) is 2. The third-order valence-electron chi connectivity index (χ3n) is 1.70. The molecule has 1 aromatic heterocycles. The quantitative estimate of drug-likeness (QED) is 0.757. The minimum absolute atomic E-state index is 0.416. The standard InChI is InChI=1S/C9H9N3OS/c14-9-10-8(11-12-9)13-6-7-4-2-1-3-5-7/h1-5H,6H2,(H2,10,11,12,14). The molecule has 72 valence electrons. The van der Waals surface area contributed by atoms with Crippen molar-refractivity contribution in [2.75, 3.05) is 0 Å². The van der Waals surface area contributed by atoms with Gasteiger partial charge in [0, 0.05) is 0 Å². The molecule has 0 atom stereocenters. The van der Waals surface area contributed by atoms with Crippen molar-refractivity contribution in [2.24, 2.45) is 0 Å². The van der Waals surface area contributed by atoms with E-state index in [0.717, 1.165) is 5.56 Å². The van der Waals surface area contributed by atoms with E-state index in [1.165, 1.54) is 0 Å². The van der Waals surface area contributed by atoms with Crippen LogP contribution in [0.3, 0.4) is 0 Å². The highest BCUT2D eigenvalue weighted by Crippen LogP contribution is 2.04. The molecule has 0 saturated heterocycles. The van der Waals surface area contributed by atoms with Gasteiger partial charge in [0.1, 0.15) is 6.61 Å². The predicted molar refractivity (Wildman–Crippen MR) is 54.5 cm³/mol. The smallest absolute Gasteiger partial charge is 0.313 e. The molecule has 0 fully saturated rings. The average molecular weight is 207 g/mol.